The van der Waals surface area contributed by atoms with E-state index in [-0.39, 0.29) is 0 Å². The fraction of sp³-hybridized carbons (Fsp3) is 0. The number of rotatable bonds is 5. The zero-order chi connectivity index (χ0) is 47.0. The summed E-state index contributed by atoms with van der Waals surface area (Å²) in [5.41, 5.74) is 10.7. The van der Waals surface area contributed by atoms with Gasteiger partial charge in [0.25, 0.3) is 0 Å². The Bertz CT molecular complexity index is 4940. The maximum Gasteiger partial charge on any atom is 0.164 e. The molecule has 11 aromatic carbocycles. The molecule has 0 fully saturated rings. The molecule has 0 unspecified atom stereocenters. The second kappa shape index (κ2) is 15.0. The largest absolute Gasteiger partial charge is 0.455 e. The Kier molecular flexibility index (Phi) is 8.23. The summed E-state index contributed by atoms with van der Waals surface area (Å²) in [4.78, 5) is 16.5. The van der Waals surface area contributed by atoms with Crippen molar-refractivity contribution >= 4 is 119 Å². The summed E-state index contributed by atoms with van der Waals surface area (Å²) in [6, 6.07) is 80.3. The Morgan fingerprint density at radius 3 is 1.71 bits per heavy atom. The number of para-hydroxylation sites is 3. The third-order valence-electron chi connectivity index (χ3n) is 14.7. The number of benzene rings is 11. The van der Waals surface area contributed by atoms with Gasteiger partial charge in [-0.25, -0.2) is 15.0 Å². The first-order valence-electron chi connectivity index (χ1n) is 24.2. The van der Waals surface area contributed by atoms with Crippen LogP contribution >= 0.6 is 11.3 Å². The van der Waals surface area contributed by atoms with Crippen LogP contribution in [0.1, 0.15) is 0 Å². The van der Waals surface area contributed by atoms with E-state index in [0.29, 0.717) is 17.5 Å². The molecule has 0 amide bonds. The van der Waals surface area contributed by atoms with E-state index in [4.69, 9.17) is 19.4 Å². The van der Waals surface area contributed by atoms with Crippen LogP contribution in [0.2, 0.25) is 0 Å². The third kappa shape index (κ3) is 5.80. The summed E-state index contributed by atoms with van der Waals surface area (Å²) < 4.78 is 14.3. The van der Waals surface area contributed by atoms with Crippen molar-refractivity contribution < 1.29 is 4.42 Å². The van der Waals surface area contributed by atoms with Crippen molar-refractivity contribution in [2.45, 2.75) is 0 Å². The van der Waals surface area contributed by atoms with Crippen LogP contribution in [-0.2, 0) is 0 Å². The quantitative estimate of drug-likeness (QED) is 0.172. The lowest BCUT2D eigenvalue weighted by Crippen LogP contribution is -2.02. The van der Waals surface area contributed by atoms with Crippen molar-refractivity contribution in [1.29, 1.82) is 0 Å². The number of aromatic nitrogens is 5. The molecule has 72 heavy (non-hydrogen) atoms. The molecule has 0 bridgehead atoms. The van der Waals surface area contributed by atoms with E-state index in [0.717, 1.165) is 88.2 Å². The van der Waals surface area contributed by atoms with E-state index in [1.807, 2.05) is 0 Å². The number of hydrogen-bond donors (Lipinski definition) is 0. The highest BCUT2D eigenvalue weighted by atomic mass is 32.1. The minimum absolute atomic E-state index is 0.558. The molecule has 0 N–H and O–H groups in total. The van der Waals surface area contributed by atoms with Gasteiger partial charge in [-0.3, -0.25) is 0 Å². The Labute approximate surface area is 414 Å². The molecule has 0 aliphatic heterocycles. The normalized spacial score (nSPS) is 12.2. The Morgan fingerprint density at radius 2 is 0.903 bits per heavy atom. The molecular formula is C65H37N5OS. The molecule has 0 spiro atoms. The van der Waals surface area contributed by atoms with Crippen LogP contribution in [0.5, 0.6) is 0 Å². The molecule has 0 atom stereocenters. The monoisotopic (exact) mass is 935 g/mol. The van der Waals surface area contributed by atoms with E-state index >= 15 is 0 Å². The third-order valence-corrected chi connectivity index (χ3v) is 15.9. The topological polar surface area (TPSA) is 61.7 Å². The van der Waals surface area contributed by atoms with Crippen molar-refractivity contribution in [3.63, 3.8) is 0 Å². The molecule has 16 aromatic rings. The van der Waals surface area contributed by atoms with Gasteiger partial charge in [-0.05, 0) is 95.0 Å². The maximum atomic E-state index is 7.12. The molecule has 7 heteroatoms. The SMILES string of the molecule is c1ccc(-n2c3ccccc3c3ccc(-c4nc(-c5ccc6sc7ccccc7c6c5)nc(-c5cc(-n6c7ccccc7c7cc8ccccc8cc76)cc6oc7c8ccccc8ccc7c56)n4)cc32)cc1. The fourth-order valence-corrected chi connectivity index (χ4v) is 12.5. The number of thiophene rings is 1. The number of hydrogen-bond acceptors (Lipinski definition) is 5. The van der Waals surface area contributed by atoms with Crippen LogP contribution in [0.4, 0.5) is 0 Å². The number of nitrogens with zero attached hydrogens (tertiary/aromatic N) is 5. The second-order valence-electron chi connectivity index (χ2n) is 18.7. The maximum absolute atomic E-state index is 7.12. The van der Waals surface area contributed by atoms with Crippen LogP contribution in [0.3, 0.4) is 0 Å². The Morgan fingerprint density at radius 1 is 0.333 bits per heavy atom. The highest BCUT2D eigenvalue weighted by Crippen LogP contribution is 2.44. The van der Waals surface area contributed by atoms with Crippen molar-refractivity contribution in [2.24, 2.45) is 0 Å². The first-order chi connectivity index (χ1) is 35.7. The van der Waals surface area contributed by atoms with Crippen molar-refractivity contribution in [3.05, 3.63) is 224 Å². The lowest BCUT2D eigenvalue weighted by molar-refractivity contribution is 0.672. The summed E-state index contributed by atoms with van der Waals surface area (Å²) in [6.07, 6.45) is 0. The van der Waals surface area contributed by atoms with Crippen LogP contribution in [0.25, 0.3) is 153 Å². The summed E-state index contributed by atoms with van der Waals surface area (Å²) >= 11 is 1.81. The van der Waals surface area contributed by atoms with Gasteiger partial charge >= 0.3 is 0 Å². The predicted molar refractivity (Wildman–Crippen MR) is 300 cm³/mol. The van der Waals surface area contributed by atoms with Gasteiger partial charge in [-0.2, -0.15) is 0 Å². The Balaban J connectivity index is 1.01. The predicted octanol–water partition coefficient (Wildman–Crippen LogP) is 17.6. The highest BCUT2D eigenvalue weighted by Gasteiger charge is 2.24. The molecule has 5 heterocycles. The van der Waals surface area contributed by atoms with Crippen LogP contribution in [-0.4, -0.2) is 24.1 Å². The molecular weight excluding hydrogens is 899 g/mol. The van der Waals surface area contributed by atoms with Gasteiger partial charge in [0.1, 0.15) is 11.2 Å². The summed E-state index contributed by atoms with van der Waals surface area (Å²) in [6.45, 7) is 0. The minimum atomic E-state index is 0.558. The average molecular weight is 936 g/mol. The van der Waals surface area contributed by atoms with Gasteiger partial charge in [0, 0.05) is 86.3 Å². The van der Waals surface area contributed by atoms with E-state index in [1.165, 1.54) is 47.1 Å². The average Bonchev–Trinajstić information content (AvgIpc) is 4.19. The van der Waals surface area contributed by atoms with Gasteiger partial charge in [0.05, 0.1) is 27.8 Å². The van der Waals surface area contributed by atoms with Gasteiger partial charge in [-0.1, -0.05) is 140 Å². The molecule has 16 rings (SSSR count). The lowest BCUT2D eigenvalue weighted by Gasteiger charge is -2.13. The van der Waals surface area contributed by atoms with Crippen molar-refractivity contribution in [1.82, 2.24) is 24.1 Å². The minimum Gasteiger partial charge on any atom is -0.455 e. The van der Waals surface area contributed by atoms with Crippen LogP contribution < -0.4 is 0 Å². The second-order valence-corrected chi connectivity index (χ2v) is 19.8. The first-order valence-corrected chi connectivity index (χ1v) is 25.1. The van der Waals surface area contributed by atoms with Crippen LogP contribution in [0.15, 0.2) is 229 Å². The Hall–Kier alpha value is -9.43. The summed E-state index contributed by atoms with van der Waals surface area (Å²) in [7, 11) is 0. The van der Waals surface area contributed by atoms with Crippen molar-refractivity contribution in [2.75, 3.05) is 0 Å². The van der Waals surface area contributed by atoms with E-state index in [9.17, 15) is 0 Å². The molecule has 6 nitrogen and oxygen atoms in total. The van der Waals surface area contributed by atoms with E-state index in [1.54, 1.807) is 11.3 Å². The van der Waals surface area contributed by atoms with Gasteiger partial charge < -0.3 is 13.6 Å². The molecule has 0 aliphatic carbocycles. The first kappa shape index (κ1) is 39.4. The number of furan rings is 1. The van der Waals surface area contributed by atoms with Crippen LogP contribution in [0, 0.1) is 0 Å². The fourth-order valence-electron chi connectivity index (χ4n) is 11.4. The van der Waals surface area contributed by atoms with Gasteiger partial charge in [0.2, 0.25) is 0 Å². The number of fused-ring (bicyclic) bond motifs is 15. The molecule has 0 radical (unpaired) electrons. The molecule has 334 valence electrons. The van der Waals surface area contributed by atoms with Crippen molar-refractivity contribution in [3.8, 4) is 45.5 Å². The zero-order valence-electron chi connectivity index (χ0n) is 38.4. The standard InChI is InChI=1S/C65H37N5OS/c1-2-17-43(18-3-1)69-54-23-11-8-20-46(54)48-29-27-42(35-56(48)69)64-66-63(41-28-31-60-52(33-41)49-22-10-13-25-59(49)72-60)67-65(68-64)53-36-44(37-58-61(53)50-30-26-38-14-6-7-19-45(38)62(50)71-58)70-55-24-12-9-21-47(55)51-32-39-15-4-5-16-40(39)34-57(51)70/h1-37H. The molecule has 0 saturated heterocycles. The van der Waals surface area contributed by atoms with Gasteiger partial charge in [0.15, 0.2) is 17.5 Å². The van der Waals surface area contributed by atoms with Gasteiger partial charge in [-0.15, -0.1) is 11.3 Å². The van der Waals surface area contributed by atoms with E-state index in [2.05, 4.69) is 234 Å². The molecule has 0 aliphatic rings. The van der Waals surface area contributed by atoms with E-state index < -0.39 is 0 Å². The molecule has 5 aromatic heterocycles. The highest BCUT2D eigenvalue weighted by molar-refractivity contribution is 7.25. The smallest absolute Gasteiger partial charge is 0.164 e. The zero-order valence-corrected chi connectivity index (χ0v) is 39.2. The molecule has 0 saturated carbocycles. The summed E-state index contributed by atoms with van der Waals surface area (Å²) in [5, 5.41) is 13.6. The summed E-state index contributed by atoms with van der Waals surface area (Å²) in [5.74, 6) is 1.73. The lowest BCUT2D eigenvalue weighted by atomic mass is 10.0.